The van der Waals surface area contributed by atoms with Crippen LogP contribution in [0.2, 0.25) is 0 Å². The van der Waals surface area contributed by atoms with Crippen molar-refractivity contribution in [3.63, 3.8) is 0 Å². The molecule has 0 radical (unpaired) electrons. The Morgan fingerprint density at radius 3 is 2.61 bits per heavy atom. The van der Waals surface area contributed by atoms with E-state index in [2.05, 4.69) is 10.3 Å². The van der Waals surface area contributed by atoms with Gasteiger partial charge in [0.2, 0.25) is 5.91 Å². The van der Waals surface area contributed by atoms with E-state index < -0.39 is 0 Å². The first kappa shape index (κ1) is 14.0. The van der Waals surface area contributed by atoms with E-state index in [4.69, 9.17) is 5.26 Å². The molecule has 0 bridgehead atoms. The number of hydrogen-bond acceptors (Lipinski definition) is 4. The Morgan fingerprint density at radius 1 is 1.50 bits per heavy atom. The van der Waals surface area contributed by atoms with Crippen LogP contribution in [-0.2, 0) is 4.79 Å². The molecule has 0 aromatic carbocycles. The lowest BCUT2D eigenvalue weighted by Crippen LogP contribution is -2.41. The van der Waals surface area contributed by atoms with Crippen molar-refractivity contribution in [2.24, 2.45) is 0 Å². The Balaban J connectivity index is 2.66. The first-order chi connectivity index (χ1) is 8.62. The van der Waals surface area contributed by atoms with Crippen molar-refractivity contribution in [3.05, 3.63) is 24.0 Å². The lowest BCUT2D eigenvalue weighted by atomic mass is 10.2. The average molecular weight is 246 g/mol. The van der Waals surface area contributed by atoms with Crippen LogP contribution in [0.5, 0.6) is 0 Å². The van der Waals surface area contributed by atoms with E-state index in [0.717, 1.165) is 5.69 Å². The maximum atomic E-state index is 12.0. The molecule has 5 nitrogen and oxygen atoms in total. The summed E-state index contributed by atoms with van der Waals surface area (Å²) < 4.78 is 0. The van der Waals surface area contributed by atoms with E-state index in [-0.39, 0.29) is 11.9 Å². The summed E-state index contributed by atoms with van der Waals surface area (Å²) in [6, 6.07) is 5.02. The molecule has 18 heavy (non-hydrogen) atoms. The summed E-state index contributed by atoms with van der Waals surface area (Å²) in [4.78, 5) is 17.7. The maximum absolute atomic E-state index is 12.0. The highest BCUT2D eigenvalue weighted by molar-refractivity contribution is 5.84. The minimum Gasteiger partial charge on any atom is -0.373 e. The zero-order valence-corrected chi connectivity index (χ0v) is 11.0. The molecule has 1 rings (SSSR count). The minimum absolute atomic E-state index is 0.0596. The molecular weight excluding hydrogens is 228 g/mol. The Labute approximate surface area is 107 Å². The molecule has 1 N–H and O–H groups in total. The second kappa shape index (κ2) is 6.60. The van der Waals surface area contributed by atoms with Gasteiger partial charge in [0.05, 0.1) is 11.9 Å². The molecule has 1 aromatic rings. The van der Waals surface area contributed by atoms with Crippen LogP contribution in [0.4, 0.5) is 5.69 Å². The molecule has 1 amide bonds. The fourth-order valence-corrected chi connectivity index (χ4v) is 1.67. The second-order valence-electron chi connectivity index (χ2n) is 3.92. The van der Waals surface area contributed by atoms with Gasteiger partial charge in [-0.3, -0.25) is 4.79 Å². The minimum atomic E-state index is -0.306. The topological polar surface area (TPSA) is 69.0 Å². The van der Waals surface area contributed by atoms with Crippen molar-refractivity contribution < 1.29 is 4.79 Å². The third-order valence-corrected chi connectivity index (χ3v) is 2.71. The first-order valence-electron chi connectivity index (χ1n) is 6.03. The molecule has 0 spiro atoms. The first-order valence-corrected chi connectivity index (χ1v) is 6.03. The number of amides is 1. The number of pyridine rings is 1. The summed E-state index contributed by atoms with van der Waals surface area (Å²) in [5, 5.41) is 11.7. The predicted octanol–water partition coefficient (Wildman–Crippen LogP) is 1.62. The summed E-state index contributed by atoms with van der Waals surface area (Å²) in [7, 11) is 0. The van der Waals surface area contributed by atoms with Crippen LogP contribution in [0.15, 0.2) is 18.3 Å². The van der Waals surface area contributed by atoms with E-state index in [9.17, 15) is 4.79 Å². The summed E-state index contributed by atoms with van der Waals surface area (Å²) in [6.07, 6.45) is 1.56. The normalized spacial score (nSPS) is 11.4. The van der Waals surface area contributed by atoms with Crippen LogP contribution in [0.3, 0.4) is 0 Å². The van der Waals surface area contributed by atoms with Gasteiger partial charge in [0, 0.05) is 13.1 Å². The van der Waals surface area contributed by atoms with Gasteiger partial charge in [0.1, 0.15) is 17.8 Å². The van der Waals surface area contributed by atoms with Gasteiger partial charge in [-0.05, 0) is 32.9 Å². The van der Waals surface area contributed by atoms with E-state index in [0.29, 0.717) is 18.8 Å². The molecule has 0 saturated heterocycles. The zero-order valence-electron chi connectivity index (χ0n) is 11.0. The fourth-order valence-electron chi connectivity index (χ4n) is 1.67. The molecule has 96 valence electrons. The monoisotopic (exact) mass is 246 g/mol. The van der Waals surface area contributed by atoms with Gasteiger partial charge in [-0.25, -0.2) is 4.98 Å². The number of nitriles is 1. The van der Waals surface area contributed by atoms with Crippen molar-refractivity contribution in [2.45, 2.75) is 26.8 Å². The number of nitrogens with one attached hydrogen (secondary N) is 1. The fraction of sp³-hybridized carbons (Fsp3) is 0.462. The number of aromatic nitrogens is 1. The van der Waals surface area contributed by atoms with Gasteiger partial charge in [0.25, 0.3) is 0 Å². The number of anilines is 1. The summed E-state index contributed by atoms with van der Waals surface area (Å²) >= 11 is 0. The molecule has 0 fully saturated rings. The SMILES string of the molecule is CCN(CC)C(=O)C(C)Nc1ccc(C#N)nc1. The quantitative estimate of drug-likeness (QED) is 0.857. The van der Waals surface area contributed by atoms with E-state index >= 15 is 0 Å². The number of carbonyl (C=O) groups is 1. The molecule has 0 aliphatic heterocycles. The second-order valence-corrected chi connectivity index (χ2v) is 3.92. The molecule has 1 heterocycles. The summed E-state index contributed by atoms with van der Waals surface area (Å²) in [5.74, 6) is 0.0596. The number of hydrogen-bond donors (Lipinski definition) is 1. The van der Waals surface area contributed by atoms with Crippen molar-refractivity contribution in [2.75, 3.05) is 18.4 Å². The summed E-state index contributed by atoms with van der Waals surface area (Å²) in [5.41, 5.74) is 1.10. The van der Waals surface area contributed by atoms with Gasteiger partial charge < -0.3 is 10.2 Å². The third-order valence-electron chi connectivity index (χ3n) is 2.71. The number of carbonyl (C=O) groups excluding carboxylic acids is 1. The molecule has 0 aliphatic carbocycles. The highest BCUT2D eigenvalue weighted by Crippen LogP contribution is 2.08. The van der Waals surface area contributed by atoms with Crippen LogP contribution in [0, 0.1) is 11.3 Å². The van der Waals surface area contributed by atoms with Crippen LogP contribution in [0.1, 0.15) is 26.5 Å². The van der Waals surface area contributed by atoms with Crippen LogP contribution < -0.4 is 5.32 Å². The Kier molecular flexibility index (Phi) is 5.12. The van der Waals surface area contributed by atoms with Crippen molar-refractivity contribution in [1.29, 1.82) is 5.26 Å². The van der Waals surface area contributed by atoms with Gasteiger partial charge in [-0.15, -0.1) is 0 Å². The molecular formula is C13H18N4O. The van der Waals surface area contributed by atoms with Gasteiger partial charge >= 0.3 is 0 Å². The van der Waals surface area contributed by atoms with Crippen LogP contribution in [0.25, 0.3) is 0 Å². The highest BCUT2D eigenvalue weighted by atomic mass is 16.2. The smallest absolute Gasteiger partial charge is 0.244 e. The number of likely N-dealkylation sites (N-methyl/N-ethyl adjacent to an activating group) is 1. The molecule has 0 aliphatic rings. The molecule has 1 aromatic heterocycles. The Bertz CT molecular complexity index is 431. The zero-order chi connectivity index (χ0) is 13.5. The average Bonchev–Trinajstić information content (AvgIpc) is 2.40. The maximum Gasteiger partial charge on any atom is 0.244 e. The molecule has 0 saturated carbocycles. The lowest BCUT2D eigenvalue weighted by Gasteiger charge is -2.23. The van der Waals surface area contributed by atoms with Gasteiger partial charge in [0.15, 0.2) is 0 Å². The van der Waals surface area contributed by atoms with Crippen LogP contribution in [-0.4, -0.2) is 34.9 Å². The van der Waals surface area contributed by atoms with Crippen molar-refractivity contribution in [1.82, 2.24) is 9.88 Å². The Hall–Kier alpha value is -2.09. The van der Waals surface area contributed by atoms with Gasteiger partial charge in [-0.1, -0.05) is 0 Å². The van der Waals surface area contributed by atoms with Crippen LogP contribution >= 0.6 is 0 Å². The van der Waals surface area contributed by atoms with E-state index in [1.54, 1.807) is 23.2 Å². The largest absolute Gasteiger partial charge is 0.373 e. The standard InChI is InChI=1S/C13H18N4O/c1-4-17(5-2)13(18)10(3)16-12-7-6-11(8-14)15-9-12/h6-7,9-10,16H,4-5H2,1-3H3. The van der Waals surface area contributed by atoms with E-state index in [1.165, 1.54) is 0 Å². The Morgan fingerprint density at radius 2 is 2.17 bits per heavy atom. The number of nitrogens with zero attached hydrogens (tertiary/aromatic N) is 3. The van der Waals surface area contributed by atoms with E-state index in [1.807, 2.05) is 26.8 Å². The van der Waals surface area contributed by atoms with Crippen molar-refractivity contribution >= 4 is 11.6 Å². The van der Waals surface area contributed by atoms with Crippen molar-refractivity contribution in [3.8, 4) is 6.07 Å². The predicted molar refractivity (Wildman–Crippen MR) is 70.0 cm³/mol. The third kappa shape index (κ3) is 3.45. The molecule has 1 unspecified atom stereocenters. The molecule has 5 heteroatoms. The lowest BCUT2D eigenvalue weighted by molar-refractivity contribution is -0.131. The highest BCUT2D eigenvalue weighted by Gasteiger charge is 2.17. The number of rotatable bonds is 5. The molecule has 1 atom stereocenters. The van der Waals surface area contributed by atoms with Gasteiger partial charge in [-0.2, -0.15) is 5.26 Å². The summed E-state index contributed by atoms with van der Waals surface area (Å²) in [6.45, 7) is 7.13.